The van der Waals surface area contributed by atoms with E-state index in [1.54, 1.807) is 0 Å². The summed E-state index contributed by atoms with van der Waals surface area (Å²) in [5.41, 5.74) is 3.39. The minimum Gasteiger partial charge on any atom is -0.353 e. The first-order chi connectivity index (χ1) is 10.8. The maximum atomic E-state index is 12.4. The summed E-state index contributed by atoms with van der Waals surface area (Å²) in [4.78, 5) is 12.4. The molecule has 3 atom stereocenters. The molecule has 0 saturated heterocycles. The first-order valence-corrected chi connectivity index (χ1v) is 7.56. The SMILES string of the molecule is O=C1N[C@@H](OCc2ccccc2)[C@H]2C=C[C@H]1c1ccccc12. The minimum absolute atomic E-state index is 0.0155. The van der Waals surface area contributed by atoms with Crippen molar-refractivity contribution >= 4 is 5.91 Å². The minimum atomic E-state index is -0.322. The van der Waals surface area contributed by atoms with Gasteiger partial charge in [0.15, 0.2) is 0 Å². The third kappa shape index (κ3) is 2.24. The number of rotatable bonds is 3. The molecule has 3 nitrogen and oxygen atoms in total. The molecule has 0 fully saturated rings. The van der Waals surface area contributed by atoms with Gasteiger partial charge in [-0.2, -0.15) is 0 Å². The van der Waals surface area contributed by atoms with Crippen LogP contribution in [-0.4, -0.2) is 12.1 Å². The van der Waals surface area contributed by atoms with E-state index in [9.17, 15) is 4.79 Å². The number of amides is 1. The summed E-state index contributed by atoms with van der Waals surface area (Å²) < 4.78 is 6.02. The van der Waals surface area contributed by atoms with Crippen molar-refractivity contribution in [1.82, 2.24) is 5.32 Å². The fraction of sp³-hybridized carbons (Fsp3) is 0.211. The molecular formula is C19H17NO2. The largest absolute Gasteiger partial charge is 0.353 e. The average Bonchev–Trinajstić information content (AvgIpc) is 2.80. The van der Waals surface area contributed by atoms with Crippen LogP contribution < -0.4 is 5.32 Å². The zero-order chi connectivity index (χ0) is 14.9. The number of carbonyl (C=O) groups is 1. The van der Waals surface area contributed by atoms with Gasteiger partial charge in [-0.15, -0.1) is 0 Å². The maximum Gasteiger partial charge on any atom is 0.233 e. The third-order valence-corrected chi connectivity index (χ3v) is 4.37. The summed E-state index contributed by atoms with van der Waals surface area (Å²) in [7, 11) is 0. The van der Waals surface area contributed by atoms with Crippen LogP contribution in [0.5, 0.6) is 0 Å². The molecule has 22 heavy (non-hydrogen) atoms. The van der Waals surface area contributed by atoms with Crippen molar-refractivity contribution < 1.29 is 9.53 Å². The highest BCUT2D eigenvalue weighted by Gasteiger charge is 2.37. The predicted octanol–water partition coefficient (Wildman–Crippen LogP) is 3.10. The molecular weight excluding hydrogens is 274 g/mol. The number of hydrogen-bond donors (Lipinski definition) is 1. The molecule has 110 valence electrons. The monoisotopic (exact) mass is 291 g/mol. The molecule has 0 unspecified atom stereocenters. The van der Waals surface area contributed by atoms with Crippen LogP contribution in [0.1, 0.15) is 28.5 Å². The first kappa shape index (κ1) is 13.3. The Bertz CT molecular complexity index is 723. The molecule has 0 radical (unpaired) electrons. The molecule has 1 N–H and O–H groups in total. The van der Waals surface area contributed by atoms with E-state index in [2.05, 4.69) is 17.5 Å². The van der Waals surface area contributed by atoms with Gasteiger partial charge in [-0.3, -0.25) is 4.79 Å². The summed E-state index contributed by atoms with van der Waals surface area (Å²) in [5, 5.41) is 3.03. The van der Waals surface area contributed by atoms with E-state index in [0.29, 0.717) is 6.61 Å². The smallest absolute Gasteiger partial charge is 0.233 e. The van der Waals surface area contributed by atoms with Crippen LogP contribution >= 0.6 is 0 Å². The predicted molar refractivity (Wildman–Crippen MR) is 84.2 cm³/mol. The fourth-order valence-electron chi connectivity index (χ4n) is 3.25. The van der Waals surface area contributed by atoms with Gasteiger partial charge in [0.05, 0.1) is 12.5 Å². The first-order valence-electron chi connectivity index (χ1n) is 7.56. The number of carbonyl (C=O) groups excluding carboxylic acids is 1. The summed E-state index contributed by atoms with van der Waals surface area (Å²) >= 11 is 0. The van der Waals surface area contributed by atoms with Crippen molar-refractivity contribution in [2.75, 3.05) is 0 Å². The van der Waals surface area contributed by atoms with Crippen LogP contribution in [0.3, 0.4) is 0 Å². The van der Waals surface area contributed by atoms with Crippen molar-refractivity contribution in [1.29, 1.82) is 0 Å². The Balaban J connectivity index is 1.62. The number of fused-ring (bicyclic) bond motifs is 2. The van der Waals surface area contributed by atoms with E-state index in [0.717, 1.165) is 11.1 Å². The third-order valence-electron chi connectivity index (χ3n) is 4.37. The van der Waals surface area contributed by atoms with Gasteiger partial charge in [0.2, 0.25) is 5.91 Å². The van der Waals surface area contributed by atoms with Crippen LogP contribution in [0.4, 0.5) is 0 Å². The van der Waals surface area contributed by atoms with Gasteiger partial charge in [0, 0.05) is 5.92 Å². The van der Waals surface area contributed by atoms with Gasteiger partial charge < -0.3 is 10.1 Å². The van der Waals surface area contributed by atoms with Gasteiger partial charge in [-0.25, -0.2) is 0 Å². The Morgan fingerprint density at radius 3 is 2.45 bits per heavy atom. The molecule has 3 heteroatoms. The molecule has 0 saturated carbocycles. The van der Waals surface area contributed by atoms with Crippen molar-refractivity contribution in [3.8, 4) is 0 Å². The molecule has 1 aliphatic carbocycles. The Morgan fingerprint density at radius 1 is 0.909 bits per heavy atom. The second-order valence-corrected chi connectivity index (χ2v) is 5.74. The normalized spacial score (nSPS) is 25.5. The van der Waals surface area contributed by atoms with Crippen LogP contribution in [0.15, 0.2) is 66.7 Å². The highest BCUT2D eigenvalue weighted by Crippen LogP contribution is 2.39. The van der Waals surface area contributed by atoms with Crippen molar-refractivity contribution in [2.45, 2.75) is 24.7 Å². The zero-order valence-electron chi connectivity index (χ0n) is 12.1. The molecule has 3 aliphatic rings. The molecule has 2 aromatic carbocycles. The van der Waals surface area contributed by atoms with Crippen molar-refractivity contribution in [3.63, 3.8) is 0 Å². The topological polar surface area (TPSA) is 38.3 Å². The highest BCUT2D eigenvalue weighted by atomic mass is 16.5. The Morgan fingerprint density at radius 2 is 1.64 bits per heavy atom. The van der Waals surface area contributed by atoms with Gasteiger partial charge >= 0.3 is 0 Å². The van der Waals surface area contributed by atoms with Crippen LogP contribution in [0, 0.1) is 0 Å². The van der Waals surface area contributed by atoms with E-state index >= 15 is 0 Å². The van der Waals surface area contributed by atoms with Crippen LogP contribution in [0.25, 0.3) is 0 Å². The molecule has 2 aromatic rings. The molecule has 0 spiro atoms. The van der Waals surface area contributed by atoms with E-state index in [-0.39, 0.29) is 24.0 Å². The van der Waals surface area contributed by atoms with E-state index in [1.807, 2.05) is 54.6 Å². The van der Waals surface area contributed by atoms with Gasteiger partial charge in [0.1, 0.15) is 6.23 Å². The number of benzene rings is 2. The Kier molecular flexibility index (Phi) is 3.28. The average molecular weight is 291 g/mol. The van der Waals surface area contributed by atoms with E-state index < -0.39 is 0 Å². The molecule has 2 heterocycles. The second-order valence-electron chi connectivity index (χ2n) is 5.74. The molecule has 5 rings (SSSR count). The van der Waals surface area contributed by atoms with E-state index in [1.165, 1.54) is 5.56 Å². The van der Waals surface area contributed by atoms with Crippen LogP contribution in [-0.2, 0) is 16.1 Å². The Labute approximate surface area is 129 Å². The molecule has 2 bridgehead atoms. The molecule has 2 aliphatic heterocycles. The van der Waals surface area contributed by atoms with E-state index in [4.69, 9.17) is 4.74 Å². The standard InChI is InChI=1S/C19H17NO2/c21-18-16-10-11-17(15-9-5-4-8-14(15)16)19(20-18)22-12-13-6-2-1-3-7-13/h1-11,16-17,19H,12H2,(H,20,21)/t16-,17-,19-/m0/s1. The maximum absolute atomic E-state index is 12.4. The van der Waals surface area contributed by atoms with Gasteiger partial charge in [0.25, 0.3) is 0 Å². The quantitative estimate of drug-likeness (QED) is 0.883. The fourth-order valence-corrected chi connectivity index (χ4v) is 3.25. The van der Waals surface area contributed by atoms with Crippen molar-refractivity contribution in [2.24, 2.45) is 0 Å². The summed E-state index contributed by atoms with van der Waals surface area (Å²) in [6.45, 7) is 0.489. The lowest BCUT2D eigenvalue weighted by atomic mass is 9.83. The van der Waals surface area contributed by atoms with Gasteiger partial charge in [-0.05, 0) is 16.7 Å². The summed E-state index contributed by atoms with van der Waals surface area (Å²) in [6, 6.07) is 18.2. The van der Waals surface area contributed by atoms with Crippen LogP contribution in [0.2, 0.25) is 0 Å². The lowest BCUT2D eigenvalue weighted by molar-refractivity contribution is -0.125. The zero-order valence-corrected chi connectivity index (χ0v) is 12.1. The lowest BCUT2D eigenvalue weighted by Gasteiger charge is -2.25. The number of ether oxygens (including phenoxy) is 1. The summed E-state index contributed by atoms with van der Waals surface area (Å²) in [5.74, 6) is -0.109. The molecule has 0 aromatic heterocycles. The number of hydrogen-bond acceptors (Lipinski definition) is 2. The number of nitrogens with one attached hydrogen (secondary N) is 1. The highest BCUT2D eigenvalue weighted by molar-refractivity contribution is 5.88. The summed E-state index contributed by atoms with van der Waals surface area (Å²) in [6.07, 6.45) is 3.77. The second kappa shape index (κ2) is 5.43. The Hall–Kier alpha value is -2.39. The van der Waals surface area contributed by atoms with Gasteiger partial charge in [-0.1, -0.05) is 66.7 Å². The lowest BCUT2D eigenvalue weighted by Crippen LogP contribution is -2.38. The molecule has 1 amide bonds. The van der Waals surface area contributed by atoms with Crippen molar-refractivity contribution in [3.05, 3.63) is 83.4 Å².